The zero-order chi connectivity index (χ0) is 12.0. The number of aliphatic hydroxyl groups is 1. The van der Waals surface area contributed by atoms with Crippen molar-refractivity contribution >= 4 is 5.97 Å². The highest BCUT2D eigenvalue weighted by atomic mass is 16.5. The van der Waals surface area contributed by atoms with Gasteiger partial charge in [-0.3, -0.25) is 4.79 Å². The van der Waals surface area contributed by atoms with Crippen LogP contribution in [0, 0.1) is 5.92 Å². The van der Waals surface area contributed by atoms with Gasteiger partial charge in [0, 0.05) is 6.61 Å². The number of aliphatic carboxylic acids is 1. The second-order valence-corrected chi connectivity index (χ2v) is 3.35. The molecule has 0 spiro atoms. The molecule has 0 aromatic heterocycles. The van der Waals surface area contributed by atoms with Crippen LogP contribution in [0.15, 0.2) is 24.3 Å². The smallest absolute Gasteiger partial charge is 0.310 e. The number of carbonyl (C=O) groups is 1. The van der Waals surface area contributed by atoms with Gasteiger partial charge in [-0.2, -0.15) is 0 Å². The first-order valence-electron chi connectivity index (χ1n) is 4.89. The largest absolute Gasteiger partial charge is 0.508 e. The normalized spacial score (nSPS) is 12.1. The Hall–Kier alpha value is -1.75. The number of aromatic hydroxyl groups is 1. The van der Waals surface area contributed by atoms with E-state index in [4.69, 9.17) is 20.1 Å². The Balaban J connectivity index is 2.48. The van der Waals surface area contributed by atoms with Crippen molar-refractivity contribution in [2.75, 3.05) is 13.2 Å². The Morgan fingerprint density at radius 3 is 2.44 bits per heavy atom. The molecule has 88 valence electrons. The van der Waals surface area contributed by atoms with E-state index in [2.05, 4.69) is 0 Å². The average molecular weight is 226 g/mol. The summed E-state index contributed by atoms with van der Waals surface area (Å²) >= 11 is 0. The van der Waals surface area contributed by atoms with Gasteiger partial charge >= 0.3 is 5.97 Å². The molecule has 1 atom stereocenters. The predicted octanol–water partition coefficient (Wildman–Crippen LogP) is 0.854. The molecule has 5 nitrogen and oxygen atoms in total. The summed E-state index contributed by atoms with van der Waals surface area (Å²) in [5, 5.41) is 26.5. The summed E-state index contributed by atoms with van der Waals surface area (Å²) < 4.78 is 5.23. The van der Waals surface area contributed by atoms with Gasteiger partial charge in [0.15, 0.2) is 0 Å². The molecule has 0 amide bonds. The highest BCUT2D eigenvalue weighted by Gasteiger charge is 2.17. The maximum Gasteiger partial charge on any atom is 0.310 e. The molecule has 1 aromatic rings. The number of ether oxygens (including phenoxy) is 1. The third-order valence-corrected chi connectivity index (χ3v) is 2.11. The lowest BCUT2D eigenvalue weighted by Crippen LogP contribution is -2.22. The summed E-state index contributed by atoms with van der Waals surface area (Å²) in [7, 11) is 0. The minimum Gasteiger partial charge on any atom is -0.508 e. The Kier molecular flexibility index (Phi) is 4.60. The fourth-order valence-corrected chi connectivity index (χ4v) is 1.17. The first-order valence-corrected chi connectivity index (χ1v) is 4.89. The summed E-state index contributed by atoms with van der Waals surface area (Å²) in [4.78, 5) is 10.7. The highest BCUT2D eigenvalue weighted by Crippen LogP contribution is 2.17. The van der Waals surface area contributed by atoms with Crippen LogP contribution in [-0.2, 0) is 4.79 Å². The lowest BCUT2D eigenvalue weighted by Gasteiger charge is -2.12. The van der Waals surface area contributed by atoms with Crippen LogP contribution in [0.25, 0.3) is 0 Å². The number of phenolic OH excluding ortho intramolecular Hbond substituents is 1. The highest BCUT2D eigenvalue weighted by molar-refractivity contribution is 5.70. The first-order chi connectivity index (χ1) is 7.63. The zero-order valence-corrected chi connectivity index (χ0v) is 8.67. The third kappa shape index (κ3) is 3.78. The molecule has 0 saturated heterocycles. The molecule has 0 aliphatic heterocycles. The van der Waals surface area contributed by atoms with E-state index < -0.39 is 11.9 Å². The van der Waals surface area contributed by atoms with E-state index in [0.29, 0.717) is 5.75 Å². The monoisotopic (exact) mass is 226 g/mol. The molecular weight excluding hydrogens is 212 g/mol. The maximum absolute atomic E-state index is 10.7. The van der Waals surface area contributed by atoms with Crippen LogP contribution in [0.4, 0.5) is 0 Å². The summed E-state index contributed by atoms with van der Waals surface area (Å²) in [6, 6.07) is 6.01. The number of hydrogen-bond acceptors (Lipinski definition) is 4. The van der Waals surface area contributed by atoms with Gasteiger partial charge < -0.3 is 20.1 Å². The lowest BCUT2D eigenvalue weighted by atomic mass is 10.1. The number of carboxylic acids is 1. The molecule has 3 N–H and O–H groups in total. The van der Waals surface area contributed by atoms with Crippen LogP contribution in [0.2, 0.25) is 0 Å². The van der Waals surface area contributed by atoms with Crippen LogP contribution < -0.4 is 4.74 Å². The fourth-order valence-electron chi connectivity index (χ4n) is 1.17. The number of benzene rings is 1. The predicted molar refractivity (Wildman–Crippen MR) is 56.4 cm³/mol. The quantitative estimate of drug-likeness (QED) is 0.669. The number of carboxylic acid groups (broad SMARTS) is 1. The van der Waals surface area contributed by atoms with Crippen molar-refractivity contribution in [3.05, 3.63) is 24.3 Å². The number of phenols is 1. The second kappa shape index (κ2) is 5.97. The molecule has 1 unspecified atom stereocenters. The molecule has 0 saturated carbocycles. The minimum absolute atomic E-state index is 0.000663. The lowest BCUT2D eigenvalue weighted by molar-refractivity contribution is -0.143. The summed E-state index contributed by atoms with van der Waals surface area (Å²) in [5.41, 5.74) is 0. The van der Waals surface area contributed by atoms with E-state index in [1.165, 1.54) is 12.1 Å². The fraction of sp³-hybridized carbons (Fsp3) is 0.364. The van der Waals surface area contributed by atoms with Gasteiger partial charge in [-0.1, -0.05) is 0 Å². The Morgan fingerprint density at radius 2 is 1.94 bits per heavy atom. The van der Waals surface area contributed by atoms with Gasteiger partial charge in [0.05, 0.1) is 5.92 Å². The Bertz CT molecular complexity index is 333. The van der Waals surface area contributed by atoms with Gasteiger partial charge in [-0.25, -0.2) is 0 Å². The zero-order valence-electron chi connectivity index (χ0n) is 8.67. The van der Waals surface area contributed by atoms with Gasteiger partial charge in [-0.15, -0.1) is 0 Å². The number of rotatable bonds is 6. The van der Waals surface area contributed by atoms with Gasteiger partial charge in [-0.05, 0) is 30.7 Å². The van der Waals surface area contributed by atoms with Crippen molar-refractivity contribution in [3.8, 4) is 11.5 Å². The Morgan fingerprint density at radius 1 is 1.31 bits per heavy atom. The van der Waals surface area contributed by atoms with Crippen LogP contribution in [0.5, 0.6) is 11.5 Å². The molecule has 0 aliphatic rings. The van der Waals surface area contributed by atoms with Crippen molar-refractivity contribution in [1.82, 2.24) is 0 Å². The van der Waals surface area contributed by atoms with E-state index in [0.717, 1.165) is 0 Å². The van der Waals surface area contributed by atoms with Gasteiger partial charge in [0.25, 0.3) is 0 Å². The number of hydrogen-bond donors (Lipinski definition) is 3. The van der Waals surface area contributed by atoms with E-state index >= 15 is 0 Å². The van der Waals surface area contributed by atoms with Gasteiger partial charge in [0.2, 0.25) is 0 Å². The summed E-state index contributed by atoms with van der Waals surface area (Å²) in [5.74, 6) is -1.11. The summed E-state index contributed by atoms with van der Waals surface area (Å²) in [6.45, 7) is -0.184. The molecule has 16 heavy (non-hydrogen) atoms. The van der Waals surface area contributed by atoms with Gasteiger partial charge in [0.1, 0.15) is 18.1 Å². The van der Waals surface area contributed by atoms with Crippen LogP contribution in [0.3, 0.4) is 0 Å². The first kappa shape index (κ1) is 12.3. The van der Waals surface area contributed by atoms with E-state index in [1.807, 2.05) is 0 Å². The topological polar surface area (TPSA) is 87.0 Å². The molecule has 0 radical (unpaired) electrons. The van der Waals surface area contributed by atoms with Crippen LogP contribution >= 0.6 is 0 Å². The molecular formula is C11H14O5. The maximum atomic E-state index is 10.7. The molecule has 1 rings (SSSR count). The van der Waals surface area contributed by atoms with Crippen molar-refractivity contribution in [2.24, 2.45) is 5.92 Å². The molecule has 5 heteroatoms. The third-order valence-electron chi connectivity index (χ3n) is 2.11. The summed E-state index contributed by atoms with van der Waals surface area (Å²) in [6.07, 6.45) is 0.160. The van der Waals surface area contributed by atoms with Crippen molar-refractivity contribution in [1.29, 1.82) is 0 Å². The minimum atomic E-state index is -0.993. The molecule has 0 heterocycles. The SMILES string of the molecule is O=C(O)C(CCO)COc1ccc(O)cc1. The van der Waals surface area contributed by atoms with Crippen molar-refractivity contribution < 1.29 is 24.9 Å². The van der Waals surface area contributed by atoms with E-state index in [-0.39, 0.29) is 25.4 Å². The second-order valence-electron chi connectivity index (χ2n) is 3.35. The molecule has 0 fully saturated rings. The van der Waals surface area contributed by atoms with E-state index in [1.54, 1.807) is 12.1 Å². The average Bonchev–Trinajstić information content (AvgIpc) is 2.26. The molecule has 0 bridgehead atoms. The van der Waals surface area contributed by atoms with Crippen molar-refractivity contribution in [3.63, 3.8) is 0 Å². The Labute approximate surface area is 92.9 Å². The standard InChI is InChI=1S/C11H14O5/c12-6-5-8(11(14)15)7-16-10-3-1-9(13)2-4-10/h1-4,8,12-13H,5-7H2,(H,14,15). The van der Waals surface area contributed by atoms with E-state index in [9.17, 15) is 4.79 Å². The molecule has 0 aliphatic carbocycles. The van der Waals surface area contributed by atoms with Crippen LogP contribution in [0.1, 0.15) is 6.42 Å². The van der Waals surface area contributed by atoms with Crippen LogP contribution in [-0.4, -0.2) is 34.5 Å². The van der Waals surface area contributed by atoms with Crippen molar-refractivity contribution in [2.45, 2.75) is 6.42 Å². The number of aliphatic hydroxyl groups excluding tert-OH is 1. The molecule has 1 aromatic carbocycles.